The molecule has 0 fully saturated rings. The highest BCUT2D eigenvalue weighted by molar-refractivity contribution is 9.10. The molecular formula is C32H22BrClF3N3O5. The number of benzene rings is 4. The Kier molecular flexibility index (Phi) is 9.26. The summed E-state index contributed by atoms with van der Waals surface area (Å²) < 4.78 is 53.5. The Labute approximate surface area is 267 Å². The summed E-state index contributed by atoms with van der Waals surface area (Å²) in [4.78, 5) is 29.2. The van der Waals surface area contributed by atoms with Gasteiger partial charge in [0.1, 0.15) is 11.6 Å². The molecule has 0 radical (unpaired) electrons. The molecule has 5 aromatic rings. The lowest BCUT2D eigenvalue weighted by Gasteiger charge is -2.16. The number of rotatable bonds is 9. The fraction of sp³-hybridized carbons (Fsp3) is 0.125. The summed E-state index contributed by atoms with van der Waals surface area (Å²) in [7, 11) is 0. The Balaban J connectivity index is 1.56. The minimum Gasteiger partial charge on any atom is -0.490 e. The number of fused-ring (bicyclic) bond motifs is 1. The predicted molar refractivity (Wildman–Crippen MR) is 167 cm³/mol. The number of aromatic carboxylic acids is 1. The molecule has 230 valence electrons. The first-order valence-electron chi connectivity index (χ1n) is 13.3. The summed E-state index contributed by atoms with van der Waals surface area (Å²) in [5.41, 5.74) is 0.0327. The highest BCUT2D eigenvalue weighted by Gasteiger charge is 2.31. The van der Waals surface area contributed by atoms with Gasteiger partial charge < -0.3 is 14.6 Å². The van der Waals surface area contributed by atoms with Crippen LogP contribution in [0.4, 0.5) is 13.2 Å². The van der Waals surface area contributed by atoms with Crippen molar-refractivity contribution in [1.82, 2.24) is 9.66 Å². The van der Waals surface area contributed by atoms with Crippen LogP contribution in [-0.2, 0) is 12.8 Å². The molecule has 0 atom stereocenters. The third-order valence-electron chi connectivity index (χ3n) is 6.55. The van der Waals surface area contributed by atoms with Gasteiger partial charge in [-0.2, -0.15) is 22.9 Å². The Morgan fingerprint density at radius 2 is 1.80 bits per heavy atom. The minimum absolute atomic E-state index is 0.0390. The SMILES string of the molecule is CCOc1cc(C=Nn2c(-c3cccc(C(F)(F)F)c3)nc3ccccc3c2=O)c(Br)c(Cl)c1OCc1ccc(C(=O)O)cc1. The maximum Gasteiger partial charge on any atom is 0.416 e. The lowest BCUT2D eigenvalue weighted by Crippen LogP contribution is -2.20. The maximum absolute atomic E-state index is 13.6. The largest absolute Gasteiger partial charge is 0.490 e. The Morgan fingerprint density at radius 1 is 1.07 bits per heavy atom. The fourth-order valence-electron chi connectivity index (χ4n) is 4.37. The Morgan fingerprint density at radius 3 is 2.49 bits per heavy atom. The van der Waals surface area contributed by atoms with Crippen molar-refractivity contribution >= 4 is 50.6 Å². The van der Waals surface area contributed by atoms with Crippen molar-refractivity contribution in [2.24, 2.45) is 5.10 Å². The highest BCUT2D eigenvalue weighted by Crippen LogP contribution is 2.43. The van der Waals surface area contributed by atoms with Crippen LogP contribution in [0.5, 0.6) is 11.5 Å². The molecule has 0 unspecified atom stereocenters. The molecule has 0 aliphatic heterocycles. The Hall–Kier alpha value is -4.68. The van der Waals surface area contributed by atoms with E-state index in [1.807, 2.05) is 0 Å². The molecular weight excluding hydrogens is 679 g/mol. The number of hydrogen-bond donors (Lipinski definition) is 1. The number of alkyl halides is 3. The van der Waals surface area contributed by atoms with Crippen molar-refractivity contribution in [3.05, 3.63) is 121 Å². The van der Waals surface area contributed by atoms with Gasteiger partial charge in [0, 0.05) is 15.6 Å². The minimum atomic E-state index is -4.61. The van der Waals surface area contributed by atoms with Crippen molar-refractivity contribution in [3.8, 4) is 22.9 Å². The van der Waals surface area contributed by atoms with Crippen molar-refractivity contribution in [2.75, 3.05) is 6.61 Å². The van der Waals surface area contributed by atoms with Crippen LogP contribution < -0.4 is 15.0 Å². The van der Waals surface area contributed by atoms with Gasteiger partial charge in [-0.3, -0.25) is 4.79 Å². The zero-order valence-electron chi connectivity index (χ0n) is 23.3. The predicted octanol–water partition coefficient (Wildman–Crippen LogP) is 8.06. The molecule has 1 heterocycles. The van der Waals surface area contributed by atoms with E-state index in [-0.39, 0.29) is 52.1 Å². The topological polar surface area (TPSA) is 103 Å². The standard InChI is InChI=1S/C32H22BrClF3N3O5/c1-2-44-25-15-21(26(33)27(34)28(25)45-17-18-10-12-19(13-11-18)31(42)43)16-38-40-29(20-6-5-7-22(14-20)32(35,36)37)39-24-9-4-3-8-23(24)30(40)41/h3-16H,2,17H2,1H3,(H,42,43). The number of hydrogen-bond acceptors (Lipinski definition) is 6. The van der Waals surface area contributed by atoms with E-state index in [2.05, 4.69) is 26.0 Å². The van der Waals surface area contributed by atoms with E-state index in [9.17, 15) is 22.8 Å². The third kappa shape index (κ3) is 6.86. The fourth-order valence-corrected chi connectivity index (χ4v) is 5.02. The van der Waals surface area contributed by atoms with Crippen LogP contribution in [0.15, 0.2) is 93.2 Å². The van der Waals surface area contributed by atoms with Gasteiger partial charge in [-0.15, -0.1) is 0 Å². The van der Waals surface area contributed by atoms with Crippen molar-refractivity contribution in [2.45, 2.75) is 19.7 Å². The number of halogens is 5. The number of ether oxygens (including phenoxy) is 2. The van der Waals surface area contributed by atoms with Crippen LogP contribution in [0.3, 0.4) is 0 Å². The summed E-state index contributed by atoms with van der Waals surface area (Å²) in [5, 5.41) is 13.8. The average molecular weight is 701 g/mol. The molecule has 13 heteroatoms. The smallest absolute Gasteiger partial charge is 0.416 e. The summed E-state index contributed by atoms with van der Waals surface area (Å²) in [6, 6.07) is 18.7. The first kappa shape index (κ1) is 31.7. The van der Waals surface area contributed by atoms with Crippen LogP contribution in [0, 0.1) is 0 Å². The molecule has 8 nitrogen and oxygen atoms in total. The van der Waals surface area contributed by atoms with Gasteiger partial charge >= 0.3 is 12.1 Å². The van der Waals surface area contributed by atoms with Gasteiger partial charge in [0.15, 0.2) is 17.3 Å². The van der Waals surface area contributed by atoms with Crippen LogP contribution in [-0.4, -0.2) is 33.6 Å². The first-order chi connectivity index (χ1) is 21.5. The molecule has 0 spiro atoms. The van der Waals surface area contributed by atoms with E-state index >= 15 is 0 Å². The Bertz CT molecular complexity index is 2000. The number of carboxylic acid groups (broad SMARTS) is 1. The number of nitrogens with zero attached hydrogens (tertiary/aromatic N) is 3. The molecule has 5 rings (SSSR count). The normalized spacial score (nSPS) is 11.7. The second-order valence-corrected chi connectivity index (χ2v) is 10.7. The molecule has 0 saturated carbocycles. The van der Waals surface area contributed by atoms with Gasteiger partial charge in [0.05, 0.1) is 34.9 Å². The van der Waals surface area contributed by atoms with Gasteiger partial charge in [-0.1, -0.05) is 48.0 Å². The van der Waals surface area contributed by atoms with Crippen molar-refractivity contribution < 1.29 is 32.5 Å². The lowest BCUT2D eigenvalue weighted by atomic mass is 10.1. The molecule has 0 bridgehead atoms. The number of carboxylic acids is 1. The zero-order chi connectivity index (χ0) is 32.3. The van der Waals surface area contributed by atoms with E-state index in [1.54, 1.807) is 49.4 Å². The molecule has 0 aliphatic rings. The van der Waals surface area contributed by atoms with Crippen LogP contribution in [0.1, 0.15) is 34.0 Å². The van der Waals surface area contributed by atoms with Gasteiger partial charge in [0.25, 0.3) is 5.56 Å². The van der Waals surface area contributed by atoms with E-state index in [4.69, 9.17) is 26.2 Å². The van der Waals surface area contributed by atoms with Crippen LogP contribution in [0.2, 0.25) is 5.02 Å². The summed E-state index contributed by atoms with van der Waals surface area (Å²) in [5.74, 6) is -0.674. The number of para-hydroxylation sites is 1. The molecule has 1 aromatic heterocycles. The van der Waals surface area contributed by atoms with Crippen LogP contribution in [0.25, 0.3) is 22.3 Å². The van der Waals surface area contributed by atoms with Gasteiger partial charge in [-0.25, -0.2) is 9.78 Å². The summed E-state index contributed by atoms with van der Waals surface area (Å²) in [6.07, 6.45) is -3.30. The molecule has 0 amide bonds. The second kappa shape index (κ2) is 13.1. The van der Waals surface area contributed by atoms with E-state index < -0.39 is 23.3 Å². The lowest BCUT2D eigenvalue weighted by molar-refractivity contribution is -0.137. The molecule has 4 aromatic carbocycles. The van der Waals surface area contributed by atoms with Gasteiger partial charge in [0.2, 0.25) is 0 Å². The summed E-state index contributed by atoms with van der Waals surface area (Å²) >= 11 is 10.1. The first-order valence-corrected chi connectivity index (χ1v) is 14.5. The number of carbonyl (C=O) groups is 1. The quantitative estimate of drug-likeness (QED) is 0.156. The maximum atomic E-state index is 13.6. The molecule has 0 aliphatic carbocycles. The second-order valence-electron chi connectivity index (χ2n) is 9.54. The van der Waals surface area contributed by atoms with E-state index in [0.29, 0.717) is 21.1 Å². The van der Waals surface area contributed by atoms with E-state index in [0.717, 1.165) is 16.8 Å². The van der Waals surface area contributed by atoms with Gasteiger partial charge in [-0.05, 0) is 70.9 Å². The van der Waals surface area contributed by atoms with Crippen molar-refractivity contribution in [3.63, 3.8) is 0 Å². The summed E-state index contributed by atoms with van der Waals surface area (Å²) in [6.45, 7) is 2.07. The molecule has 0 saturated heterocycles. The molecule has 45 heavy (non-hydrogen) atoms. The third-order valence-corrected chi connectivity index (χ3v) is 8.00. The molecule has 1 N–H and O–H groups in total. The highest BCUT2D eigenvalue weighted by atomic mass is 79.9. The zero-order valence-corrected chi connectivity index (χ0v) is 25.7. The monoisotopic (exact) mass is 699 g/mol. The van der Waals surface area contributed by atoms with E-state index in [1.165, 1.54) is 30.5 Å². The average Bonchev–Trinajstić information content (AvgIpc) is 3.02. The van der Waals surface area contributed by atoms with Crippen molar-refractivity contribution in [1.29, 1.82) is 0 Å². The van der Waals surface area contributed by atoms with Crippen LogP contribution >= 0.6 is 27.5 Å². The number of aromatic nitrogens is 2.